The molecule has 2 N–H and O–H groups in total. The highest BCUT2D eigenvalue weighted by Gasteiger charge is 2.22. The average Bonchev–Trinajstić information content (AvgIpc) is 2.85. The van der Waals surface area contributed by atoms with Crippen LogP contribution in [0, 0.1) is 5.82 Å². The molecule has 0 bridgehead atoms. The first-order valence-electron chi connectivity index (χ1n) is 12.4. The fraction of sp³-hybridized carbons (Fsp3) is 0.370. The first-order valence-corrected chi connectivity index (χ1v) is 12.8. The summed E-state index contributed by atoms with van der Waals surface area (Å²) in [4.78, 5) is 23.9. The van der Waals surface area contributed by atoms with Crippen LogP contribution in [0.5, 0.6) is 5.75 Å². The first kappa shape index (κ1) is 25.4. The molecular weight excluding hydrogens is 497 g/mol. The van der Waals surface area contributed by atoms with E-state index in [2.05, 4.69) is 32.4 Å². The third-order valence-electron chi connectivity index (χ3n) is 6.64. The maximum Gasteiger partial charge on any atom is 0.248 e. The second-order valence-electron chi connectivity index (χ2n) is 9.32. The van der Waals surface area contributed by atoms with Gasteiger partial charge in [0.25, 0.3) is 0 Å². The van der Waals surface area contributed by atoms with Crippen molar-refractivity contribution < 1.29 is 18.7 Å². The van der Waals surface area contributed by atoms with Crippen LogP contribution in [0.1, 0.15) is 26.2 Å². The van der Waals surface area contributed by atoms with Gasteiger partial charge in [0.05, 0.1) is 35.5 Å². The summed E-state index contributed by atoms with van der Waals surface area (Å²) in [5, 5.41) is 6.81. The van der Waals surface area contributed by atoms with E-state index in [1.54, 1.807) is 18.2 Å². The van der Waals surface area contributed by atoms with Crippen molar-refractivity contribution in [2.45, 2.75) is 38.3 Å². The van der Waals surface area contributed by atoms with Gasteiger partial charge in [-0.2, -0.15) is 0 Å². The van der Waals surface area contributed by atoms with E-state index in [1.165, 1.54) is 18.5 Å². The fourth-order valence-electron chi connectivity index (χ4n) is 4.26. The summed E-state index contributed by atoms with van der Waals surface area (Å²) in [7, 11) is 0. The lowest BCUT2D eigenvalue weighted by atomic mass is 9.96. The lowest BCUT2D eigenvalue weighted by molar-refractivity contribution is -0.112. The summed E-state index contributed by atoms with van der Waals surface area (Å²) in [5.74, 6) is 0.305. The maximum atomic E-state index is 13.6. The predicted octanol–water partition coefficient (Wildman–Crippen LogP) is 5.31. The molecule has 5 rings (SSSR count). The molecule has 2 fully saturated rings. The molecule has 1 atom stereocenters. The number of benzene rings is 2. The minimum atomic E-state index is -0.501. The number of carbonyl (C=O) groups excluding carboxylic acids is 1. The molecule has 1 unspecified atom stereocenters. The fourth-order valence-corrected chi connectivity index (χ4v) is 4.44. The number of hydrogen-bond donors (Lipinski definition) is 2. The van der Waals surface area contributed by atoms with E-state index < -0.39 is 5.82 Å². The van der Waals surface area contributed by atoms with Crippen molar-refractivity contribution >= 4 is 45.6 Å². The molecule has 10 heteroatoms. The molecule has 0 radical (unpaired) electrons. The number of fused-ring (bicyclic) bond motifs is 1. The van der Waals surface area contributed by atoms with Crippen LogP contribution in [0.25, 0.3) is 10.9 Å². The van der Waals surface area contributed by atoms with Crippen molar-refractivity contribution in [2.24, 2.45) is 0 Å². The Kier molecular flexibility index (Phi) is 7.83. The van der Waals surface area contributed by atoms with Crippen LogP contribution in [-0.2, 0) is 9.53 Å². The first-order chi connectivity index (χ1) is 18.0. The van der Waals surface area contributed by atoms with Crippen LogP contribution >= 0.6 is 11.6 Å². The quantitative estimate of drug-likeness (QED) is 0.385. The van der Waals surface area contributed by atoms with Crippen molar-refractivity contribution in [2.75, 3.05) is 36.9 Å². The smallest absolute Gasteiger partial charge is 0.248 e. The van der Waals surface area contributed by atoms with Crippen LogP contribution in [0.4, 0.5) is 21.6 Å². The van der Waals surface area contributed by atoms with Gasteiger partial charge < -0.3 is 20.1 Å². The Bertz CT molecular complexity index is 1320. The molecule has 1 saturated heterocycles. The summed E-state index contributed by atoms with van der Waals surface area (Å²) in [5.41, 5.74) is 1.76. The molecule has 2 aliphatic rings. The number of morpholine rings is 1. The molecule has 3 aromatic rings. The molecule has 0 spiro atoms. The number of nitrogens with zero attached hydrogens (tertiary/aromatic N) is 3. The summed E-state index contributed by atoms with van der Waals surface area (Å²) in [6.07, 6.45) is 8.04. The number of amides is 1. The van der Waals surface area contributed by atoms with Gasteiger partial charge in [0.1, 0.15) is 23.7 Å². The van der Waals surface area contributed by atoms with Crippen LogP contribution in [0.15, 0.2) is 48.8 Å². The van der Waals surface area contributed by atoms with Gasteiger partial charge >= 0.3 is 0 Å². The third kappa shape index (κ3) is 6.18. The number of ether oxygens (including phenoxy) is 2. The van der Waals surface area contributed by atoms with Gasteiger partial charge in [0.15, 0.2) is 0 Å². The number of anilines is 3. The zero-order chi connectivity index (χ0) is 25.8. The van der Waals surface area contributed by atoms with E-state index in [0.29, 0.717) is 59.6 Å². The summed E-state index contributed by atoms with van der Waals surface area (Å²) < 4.78 is 25.3. The molecule has 1 saturated carbocycles. The van der Waals surface area contributed by atoms with E-state index in [-0.39, 0.29) is 17.0 Å². The SMILES string of the molecule is CC1COCCN1C/C=C/C(=O)Nc1cc2c(Nc3ccc(F)c(Cl)c3)ncnc2cc1OC1CCC1. The van der Waals surface area contributed by atoms with Gasteiger partial charge in [-0.25, -0.2) is 14.4 Å². The Balaban J connectivity index is 1.39. The van der Waals surface area contributed by atoms with Crippen molar-refractivity contribution in [1.29, 1.82) is 0 Å². The van der Waals surface area contributed by atoms with E-state index in [4.69, 9.17) is 21.1 Å². The van der Waals surface area contributed by atoms with Crippen LogP contribution in [0.2, 0.25) is 5.02 Å². The number of halogens is 2. The normalized spacial score (nSPS) is 18.6. The molecule has 2 aromatic carbocycles. The highest BCUT2D eigenvalue weighted by Crippen LogP contribution is 2.36. The standard InChI is InChI=1S/C27H29ClFN5O3/c1-17-15-36-11-10-34(17)9-3-6-26(35)33-24-13-20-23(14-25(24)37-19-4-2-5-19)30-16-31-27(20)32-18-7-8-22(29)21(28)12-18/h3,6-8,12-14,16-17,19H,2,4-5,9-11,15H2,1H3,(H,33,35)(H,30,31,32)/b6-3+. The zero-order valence-electron chi connectivity index (χ0n) is 20.5. The molecule has 8 nitrogen and oxygen atoms in total. The number of hydrogen-bond acceptors (Lipinski definition) is 7. The number of aromatic nitrogens is 2. The maximum absolute atomic E-state index is 13.6. The molecule has 1 aliphatic heterocycles. The minimum absolute atomic E-state index is 0.00533. The van der Waals surface area contributed by atoms with E-state index >= 15 is 0 Å². The van der Waals surface area contributed by atoms with Crippen LogP contribution < -0.4 is 15.4 Å². The molecule has 2 heterocycles. The van der Waals surface area contributed by atoms with E-state index in [0.717, 1.165) is 25.8 Å². The Morgan fingerprint density at radius 3 is 2.92 bits per heavy atom. The summed E-state index contributed by atoms with van der Waals surface area (Å²) in [6, 6.07) is 8.27. The van der Waals surface area contributed by atoms with Crippen molar-refractivity contribution in [3.8, 4) is 5.75 Å². The number of carbonyl (C=O) groups is 1. The summed E-state index contributed by atoms with van der Waals surface area (Å²) >= 11 is 5.94. The van der Waals surface area contributed by atoms with Gasteiger partial charge in [-0.05, 0) is 50.5 Å². The monoisotopic (exact) mass is 525 g/mol. The van der Waals surface area contributed by atoms with Gasteiger partial charge in [0, 0.05) is 42.3 Å². The molecule has 194 valence electrons. The zero-order valence-corrected chi connectivity index (χ0v) is 21.3. The highest BCUT2D eigenvalue weighted by molar-refractivity contribution is 6.31. The van der Waals surface area contributed by atoms with Gasteiger partial charge in [-0.3, -0.25) is 9.69 Å². The molecule has 37 heavy (non-hydrogen) atoms. The van der Waals surface area contributed by atoms with Gasteiger partial charge in [0.2, 0.25) is 5.91 Å². The third-order valence-corrected chi connectivity index (χ3v) is 6.93. The highest BCUT2D eigenvalue weighted by atomic mass is 35.5. The van der Waals surface area contributed by atoms with Crippen LogP contribution in [0.3, 0.4) is 0 Å². The van der Waals surface area contributed by atoms with Gasteiger partial charge in [-0.15, -0.1) is 0 Å². The second kappa shape index (κ2) is 11.4. The van der Waals surface area contributed by atoms with Gasteiger partial charge in [-0.1, -0.05) is 17.7 Å². The lowest BCUT2D eigenvalue weighted by Gasteiger charge is -2.32. The predicted molar refractivity (Wildman–Crippen MR) is 142 cm³/mol. The molecule has 1 aliphatic carbocycles. The molecular formula is C27H29ClFN5O3. The van der Waals surface area contributed by atoms with E-state index in [1.807, 2.05) is 12.1 Å². The number of rotatable bonds is 8. The Labute approximate surface area is 219 Å². The molecule has 1 amide bonds. The Hall–Kier alpha value is -3.27. The second-order valence-corrected chi connectivity index (χ2v) is 9.73. The van der Waals surface area contributed by atoms with Crippen LogP contribution in [-0.4, -0.2) is 59.2 Å². The Morgan fingerprint density at radius 2 is 2.16 bits per heavy atom. The van der Waals surface area contributed by atoms with Crippen molar-refractivity contribution in [3.63, 3.8) is 0 Å². The number of nitrogens with one attached hydrogen (secondary N) is 2. The largest absolute Gasteiger partial charge is 0.488 e. The van der Waals surface area contributed by atoms with Crippen molar-refractivity contribution in [3.05, 3.63) is 59.7 Å². The molecule has 1 aromatic heterocycles. The summed E-state index contributed by atoms with van der Waals surface area (Å²) in [6.45, 7) is 5.02. The Morgan fingerprint density at radius 1 is 1.30 bits per heavy atom. The topological polar surface area (TPSA) is 88.6 Å². The minimum Gasteiger partial charge on any atom is -0.488 e. The average molecular weight is 526 g/mol. The van der Waals surface area contributed by atoms with Crippen molar-refractivity contribution in [1.82, 2.24) is 14.9 Å². The lowest BCUT2D eigenvalue weighted by Crippen LogP contribution is -2.43. The van der Waals surface area contributed by atoms with E-state index in [9.17, 15) is 9.18 Å².